The smallest absolute Gasteiger partial charge is 0.188 e. The second-order valence-corrected chi connectivity index (χ2v) is 5.50. The van der Waals surface area contributed by atoms with Crippen LogP contribution in [0.1, 0.15) is 10.4 Å². The fraction of sp³-hybridized carbons (Fsp3) is 0. The molecule has 0 saturated carbocycles. The first-order chi connectivity index (χ1) is 9.66. The van der Waals surface area contributed by atoms with Crippen molar-refractivity contribution >= 4 is 50.5 Å². The minimum absolute atomic E-state index is 0.0350. The lowest BCUT2D eigenvalue weighted by Gasteiger charge is -2.08. The van der Waals surface area contributed by atoms with E-state index in [1.165, 1.54) is 6.08 Å². The highest BCUT2D eigenvalue weighted by Gasteiger charge is 2.11. The molecule has 98 valence electrons. The third-order valence-corrected chi connectivity index (χ3v) is 3.49. The van der Waals surface area contributed by atoms with E-state index in [9.17, 15) is 4.79 Å². The third-order valence-electron chi connectivity index (χ3n) is 3.27. The maximum absolute atomic E-state index is 12.3. The van der Waals surface area contributed by atoms with Crippen molar-refractivity contribution in [2.45, 2.75) is 0 Å². The van der Waals surface area contributed by atoms with E-state index in [2.05, 4.69) is 6.07 Å². The van der Waals surface area contributed by atoms with E-state index in [1.54, 1.807) is 0 Å². The topological polar surface area (TPSA) is 17.1 Å². The van der Waals surface area contributed by atoms with Crippen LogP contribution in [0.25, 0.3) is 21.5 Å². The van der Waals surface area contributed by atoms with Crippen LogP contribution in [0.3, 0.4) is 0 Å². The second kappa shape index (κ2) is 5.28. The van der Waals surface area contributed by atoms with Gasteiger partial charge in [-0.15, -0.1) is 0 Å². The molecule has 0 aliphatic carbocycles. The normalized spacial score (nSPS) is 10.7. The molecule has 0 unspecified atom stereocenters. The average Bonchev–Trinajstić information content (AvgIpc) is 2.45. The van der Waals surface area contributed by atoms with E-state index >= 15 is 0 Å². The summed E-state index contributed by atoms with van der Waals surface area (Å²) in [7, 11) is 0. The zero-order valence-electron chi connectivity index (χ0n) is 10.4. The Morgan fingerprint density at radius 2 is 1.45 bits per heavy atom. The predicted octanol–water partition coefficient (Wildman–Crippen LogP) is 5.49. The van der Waals surface area contributed by atoms with Gasteiger partial charge in [-0.05, 0) is 27.6 Å². The van der Waals surface area contributed by atoms with E-state index in [1.807, 2.05) is 48.5 Å². The number of benzene rings is 3. The molecule has 0 spiro atoms. The maximum Gasteiger partial charge on any atom is 0.188 e. The Morgan fingerprint density at radius 1 is 0.850 bits per heavy atom. The zero-order valence-corrected chi connectivity index (χ0v) is 11.9. The summed E-state index contributed by atoms with van der Waals surface area (Å²) in [6, 6.07) is 17.7. The van der Waals surface area contributed by atoms with Crippen LogP contribution in [0.2, 0.25) is 0 Å². The summed E-state index contributed by atoms with van der Waals surface area (Å²) in [6.07, 6.45) is 1.24. The van der Waals surface area contributed by atoms with E-state index in [0.717, 1.165) is 21.5 Å². The highest BCUT2D eigenvalue weighted by molar-refractivity contribution is 6.57. The minimum atomic E-state index is -0.188. The number of hydrogen-bond donors (Lipinski definition) is 0. The number of ketones is 1. The highest BCUT2D eigenvalue weighted by Crippen LogP contribution is 2.29. The fourth-order valence-corrected chi connectivity index (χ4v) is 2.63. The third kappa shape index (κ3) is 2.31. The second-order valence-electron chi connectivity index (χ2n) is 4.49. The van der Waals surface area contributed by atoms with E-state index in [-0.39, 0.29) is 10.3 Å². The maximum atomic E-state index is 12.3. The molecule has 0 saturated heterocycles. The van der Waals surface area contributed by atoms with Gasteiger partial charge < -0.3 is 0 Å². The Bertz CT molecular complexity index is 846. The molecule has 0 atom stereocenters. The molecule has 0 radical (unpaired) electrons. The molecule has 0 bridgehead atoms. The highest BCUT2D eigenvalue weighted by atomic mass is 35.5. The number of carbonyl (C=O) groups is 1. The molecule has 3 rings (SSSR count). The summed E-state index contributed by atoms with van der Waals surface area (Å²) in [6.45, 7) is 0. The number of rotatable bonds is 2. The van der Waals surface area contributed by atoms with Gasteiger partial charge in [-0.3, -0.25) is 4.79 Å². The molecular formula is C17H10Cl2O. The van der Waals surface area contributed by atoms with Crippen molar-refractivity contribution in [1.82, 2.24) is 0 Å². The number of fused-ring (bicyclic) bond motifs is 3. The summed E-state index contributed by atoms with van der Waals surface area (Å²) in [5, 5.41) is 4.10. The van der Waals surface area contributed by atoms with E-state index in [4.69, 9.17) is 23.2 Å². The van der Waals surface area contributed by atoms with Gasteiger partial charge >= 0.3 is 0 Å². The lowest BCUT2D eigenvalue weighted by molar-refractivity contribution is 0.104. The van der Waals surface area contributed by atoms with Gasteiger partial charge in [0.05, 0.1) is 0 Å². The molecule has 0 aromatic heterocycles. The van der Waals surface area contributed by atoms with Crippen LogP contribution in [0.15, 0.2) is 65.2 Å². The number of halogens is 2. The van der Waals surface area contributed by atoms with Crippen molar-refractivity contribution in [2.24, 2.45) is 0 Å². The van der Waals surface area contributed by atoms with Gasteiger partial charge in [0, 0.05) is 11.6 Å². The molecule has 0 fully saturated rings. The molecule has 3 aromatic rings. The van der Waals surface area contributed by atoms with Crippen molar-refractivity contribution in [3.8, 4) is 0 Å². The summed E-state index contributed by atoms with van der Waals surface area (Å²) in [5.74, 6) is -0.188. The van der Waals surface area contributed by atoms with Gasteiger partial charge in [0.15, 0.2) is 5.78 Å². The Kier molecular flexibility index (Phi) is 3.47. The van der Waals surface area contributed by atoms with Gasteiger partial charge in [0.1, 0.15) is 4.49 Å². The van der Waals surface area contributed by atoms with E-state index in [0.29, 0.717) is 5.56 Å². The van der Waals surface area contributed by atoms with Crippen molar-refractivity contribution in [3.05, 3.63) is 70.7 Å². The molecule has 3 heteroatoms. The molecule has 0 aliphatic rings. The molecular weight excluding hydrogens is 291 g/mol. The Hall–Kier alpha value is -1.83. The van der Waals surface area contributed by atoms with Crippen molar-refractivity contribution in [1.29, 1.82) is 0 Å². The molecule has 0 aliphatic heterocycles. The predicted molar refractivity (Wildman–Crippen MR) is 85.6 cm³/mol. The first kappa shape index (κ1) is 13.2. The van der Waals surface area contributed by atoms with Gasteiger partial charge in [-0.25, -0.2) is 0 Å². The summed E-state index contributed by atoms with van der Waals surface area (Å²) in [5.41, 5.74) is 0.609. The van der Waals surface area contributed by atoms with Crippen LogP contribution in [-0.2, 0) is 0 Å². The molecule has 1 nitrogen and oxygen atoms in total. The lowest BCUT2D eigenvalue weighted by atomic mass is 9.95. The van der Waals surface area contributed by atoms with E-state index < -0.39 is 0 Å². The SMILES string of the molecule is O=C(C=C(Cl)Cl)c1cc2ccccc2c2ccccc12. The molecule has 3 aromatic carbocycles. The van der Waals surface area contributed by atoms with Crippen molar-refractivity contribution in [2.75, 3.05) is 0 Å². The van der Waals surface area contributed by atoms with Crippen LogP contribution in [-0.4, -0.2) is 5.78 Å². The average molecular weight is 301 g/mol. The lowest BCUT2D eigenvalue weighted by Crippen LogP contribution is -1.96. The van der Waals surface area contributed by atoms with Crippen LogP contribution < -0.4 is 0 Å². The largest absolute Gasteiger partial charge is 0.289 e. The molecule has 0 N–H and O–H groups in total. The Morgan fingerprint density at radius 3 is 2.15 bits per heavy atom. The number of hydrogen-bond acceptors (Lipinski definition) is 1. The Balaban J connectivity index is 2.40. The quantitative estimate of drug-likeness (QED) is 0.347. The van der Waals surface area contributed by atoms with Crippen LogP contribution in [0, 0.1) is 0 Å². The number of allylic oxidation sites excluding steroid dienone is 1. The fourth-order valence-electron chi connectivity index (χ4n) is 2.43. The van der Waals surface area contributed by atoms with Gasteiger partial charge in [0.2, 0.25) is 0 Å². The molecule has 20 heavy (non-hydrogen) atoms. The zero-order chi connectivity index (χ0) is 14.1. The van der Waals surface area contributed by atoms with Gasteiger partial charge in [0.25, 0.3) is 0 Å². The van der Waals surface area contributed by atoms with Crippen LogP contribution >= 0.6 is 23.2 Å². The summed E-state index contributed by atoms with van der Waals surface area (Å²) in [4.78, 5) is 12.3. The molecule has 0 heterocycles. The first-order valence-corrected chi connectivity index (χ1v) is 6.90. The number of carbonyl (C=O) groups excluding carboxylic acids is 1. The van der Waals surface area contributed by atoms with Crippen LogP contribution in [0.4, 0.5) is 0 Å². The van der Waals surface area contributed by atoms with Gasteiger partial charge in [-0.2, -0.15) is 0 Å². The van der Waals surface area contributed by atoms with Crippen molar-refractivity contribution < 1.29 is 4.79 Å². The minimum Gasteiger partial charge on any atom is -0.289 e. The first-order valence-electron chi connectivity index (χ1n) is 6.14. The summed E-state index contributed by atoms with van der Waals surface area (Å²) >= 11 is 11.2. The Labute approximate surface area is 126 Å². The van der Waals surface area contributed by atoms with Crippen molar-refractivity contribution in [3.63, 3.8) is 0 Å². The molecule has 0 amide bonds. The summed E-state index contributed by atoms with van der Waals surface area (Å²) < 4.78 is -0.0350. The standard InChI is InChI=1S/C17H10Cl2O/c18-17(19)10-16(20)15-9-11-5-1-2-6-12(11)13-7-3-4-8-14(13)15/h1-10H. The monoisotopic (exact) mass is 300 g/mol. The van der Waals surface area contributed by atoms with Crippen LogP contribution in [0.5, 0.6) is 0 Å². The van der Waals surface area contributed by atoms with Gasteiger partial charge in [-0.1, -0.05) is 71.7 Å².